The smallest absolute Gasteiger partial charge is 0.323 e. The molecule has 1 amide bonds. The molecule has 0 bridgehead atoms. The van der Waals surface area contributed by atoms with Crippen molar-refractivity contribution in [3.05, 3.63) is 54.1 Å². The van der Waals surface area contributed by atoms with Crippen LogP contribution < -0.4 is 4.90 Å². The Bertz CT molecular complexity index is 1100. The maximum Gasteiger partial charge on any atom is 0.323 e. The Hall–Kier alpha value is -2.85. The Morgan fingerprint density at radius 1 is 1.21 bits per heavy atom. The lowest BCUT2D eigenvalue weighted by atomic mass is 9.74. The number of carbonyl (C=O) groups is 2. The average molecular weight is 419 g/mol. The van der Waals surface area contributed by atoms with Crippen LogP contribution in [0.15, 0.2) is 47.6 Å². The fourth-order valence-electron chi connectivity index (χ4n) is 4.17. The van der Waals surface area contributed by atoms with E-state index < -0.39 is 38.7 Å². The first-order valence-corrected chi connectivity index (χ1v) is 10.4. The predicted molar refractivity (Wildman–Crippen MR) is 100 cm³/mol. The van der Waals surface area contributed by atoms with Crippen LogP contribution >= 0.6 is 0 Å². The summed E-state index contributed by atoms with van der Waals surface area (Å²) < 4.78 is 40.9. The molecule has 152 valence electrons. The topological polar surface area (TPSA) is 108 Å². The van der Waals surface area contributed by atoms with Gasteiger partial charge in [-0.1, -0.05) is 12.1 Å². The second kappa shape index (κ2) is 6.89. The molecule has 3 heterocycles. The van der Waals surface area contributed by atoms with Gasteiger partial charge in [-0.15, -0.1) is 0 Å². The third kappa shape index (κ3) is 2.99. The number of piperidine rings is 1. The Labute approximate surface area is 166 Å². The molecule has 1 aromatic carbocycles. The molecule has 0 radical (unpaired) electrons. The van der Waals surface area contributed by atoms with Gasteiger partial charge in [0.25, 0.3) is 0 Å². The number of fused-ring (bicyclic) bond motifs is 2. The molecule has 2 aliphatic rings. The Morgan fingerprint density at radius 2 is 1.90 bits per heavy atom. The van der Waals surface area contributed by atoms with Gasteiger partial charge in [0, 0.05) is 19.3 Å². The van der Waals surface area contributed by atoms with Crippen LogP contribution in [0.5, 0.6) is 0 Å². The number of carbonyl (C=O) groups excluding carboxylic acids is 1. The van der Waals surface area contributed by atoms with E-state index in [9.17, 15) is 22.4 Å². The molecule has 1 N–H and O–H groups in total. The number of hydrogen-bond donors (Lipinski definition) is 1. The molecule has 1 spiro atoms. The first-order valence-electron chi connectivity index (χ1n) is 9.00. The van der Waals surface area contributed by atoms with Crippen molar-refractivity contribution >= 4 is 27.6 Å². The molecule has 2 aliphatic heterocycles. The number of amides is 1. The summed E-state index contributed by atoms with van der Waals surface area (Å²) in [6.45, 7) is -0.452. The molecule has 1 saturated heterocycles. The van der Waals surface area contributed by atoms with Gasteiger partial charge in [-0.05, 0) is 36.6 Å². The Morgan fingerprint density at radius 3 is 2.55 bits per heavy atom. The van der Waals surface area contributed by atoms with Crippen molar-refractivity contribution in [2.24, 2.45) is 0 Å². The zero-order valence-electron chi connectivity index (χ0n) is 15.3. The number of pyridine rings is 1. The van der Waals surface area contributed by atoms with Crippen molar-refractivity contribution in [1.82, 2.24) is 9.29 Å². The number of carboxylic acid groups (broad SMARTS) is 1. The number of carboxylic acids is 1. The van der Waals surface area contributed by atoms with Crippen LogP contribution in [0.1, 0.15) is 18.4 Å². The van der Waals surface area contributed by atoms with E-state index >= 15 is 0 Å². The van der Waals surface area contributed by atoms with Crippen LogP contribution in [0.4, 0.5) is 10.1 Å². The first-order chi connectivity index (χ1) is 13.8. The van der Waals surface area contributed by atoms with E-state index in [0.717, 1.165) is 6.07 Å². The quantitative estimate of drug-likeness (QED) is 0.802. The van der Waals surface area contributed by atoms with E-state index in [1.54, 1.807) is 6.07 Å². The molecule has 10 heteroatoms. The van der Waals surface area contributed by atoms with Gasteiger partial charge in [0.05, 0.1) is 17.3 Å². The Balaban J connectivity index is 1.64. The summed E-state index contributed by atoms with van der Waals surface area (Å²) in [6, 6.07) is 6.85. The number of hydrogen-bond acceptors (Lipinski definition) is 5. The van der Waals surface area contributed by atoms with Gasteiger partial charge >= 0.3 is 5.97 Å². The fraction of sp³-hybridized carbons (Fsp3) is 0.316. The highest BCUT2D eigenvalue weighted by Crippen LogP contribution is 2.48. The molecule has 2 aromatic rings. The van der Waals surface area contributed by atoms with Gasteiger partial charge in [0.2, 0.25) is 15.9 Å². The van der Waals surface area contributed by atoms with Crippen LogP contribution in [0, 0.1) is 5.82 Å². The maximum atomic E-state index is 14.0. The number of sulfonamides is 1. The lowest BCUT2D eigenvalue weighted by Gasteiger charge is -2.37. The largest absolute Gasteiger partial charge is 0.480 e. The highest BCUT2D eigenvalue weighted by atomic mass is 32.2. The Kier molecular flexibility index (Phi) is 4.62. The number of benzene rings is 1. The number of aliphatic carboxylic acids is 1. The van der Waals surface area contributed by atoms with Crippen LogP contribution in [0.3, 0.4) is 0 Å². The standard InChI is InChI=1S/C19H18FN3O5S/c20-14-3-1-2-4-16(14)29(27,28)22-9-6-19(7-10-22)13-5-8-21-11-15(13)23(18(19)26)12-17(24)25/h1-5,8,11H,6-7,9-10,12H2,(H,24,25). The van der Waals surface area contributed by atoms with Gasteiger partial charge in [-0.25, -0.2) is 12.8 Å². The van der Waals surface area contributed by atoms with Crippen LogP contribution in [-0.4, -0.2) is 54.3 Å². The summed E-state index contributed by atoms with van der Waals surface area (Å²) in [4.78, 5) is 29.2. The summed E-state index contributed by atoms with van der Waals surface area (Å²) in [6.07, 6.45) is 3.33. The summed E-state index contributed by atoms with van der Waals surface area (Å²) in [5.41, 5.74) is 0.0848. The molecule has 0 atom stereocenters. The van der Waals surface area contributed by atoms with Gasteiger partial charge < -0.3 is 5.11 Å². The molecule has 8 nitrogen and oxygen atoms in total. The number of halogens is 1. The van der Waals surface area contributed by atoms with Crippen LogP contribution in [0.25, 0.3) is 0 Å². The van der Waals surface area contributed by atoms with E-state index in [1.165, 1.54) is 39.8 Å². The van der Waals surface area contributed by atoms with Crippen LogP contribution in [-0.2, 0) is 25.0 Å². The van der Waals surface area contributed by atoms with Gasteiger partial charge in [0.1, 0.15) is 17.3 Å². The maximum absolute atomic E-state index is 14.0. The van der Waals surface area contributed by atoms with Gasteiger partial charge in [0.15, 0.2) is 0 Å². The fourth-order valence-corrected chi connectivity index (χ4v) is 5.67. The number of aromatic nitrogens is 1. The van der Waals surface area contributed by atoms with E-state index in [1.807, 2.05) is 0 Å². The molecule has 1 aromatic heterocycles. The molecule has 4 rings (SSSR count). The summed E-state index contributed by atoms with van der Waals surface area (Å²) >= 11 is 0. The zero-order chi connectivity index (χ0) is 20.8. The third-order valence-corrected chi connectivity index (χ3v) is 7.52. The molecular formula is C19H18FN3O5S. The molecule has 29 heavy (non-hydrogen) atoms. The minimum absolute atomic E-state index is 0.0189. The number of anilines is 1. The minimum atomic E-state index is -4.04. The first kappa shape index (κ1) is 19.5. The van der Waals surface area contributed by atoms with Crippen molar-refractivity contribution in [3.8, 4) is 0 Å². The van der Waals surface area contributed by atoms with Gasteiger partial charge in [-0.3, -0.25) is 19.5 Å². The summed E-state index contributed by atoms with van der Waals surface area (Å²) in [5.74, 6) is -2.34. The normalized spacial score (nSPS) is 18.8. The van der Waals surface area contributed by atoms with E-state index in [2.05, 4.69) is 4.98 Å². The van der Waals surface area contributed by atoms with E-state index in [4.69, 9.17) is 5.11 Å². The average Bonchev–Trinajstić information content (AvgIpc) is 2.91. The van der Waals surface area contributed by atoms with Crippen LogP contribution in [0.2, 0.25) is 0 Å². The third-order valence-electron chi connectivity index (χ3n) is 5.58. The van der Waals surface area contributed by atoms with Crippen molar-refractivity contribution in [3.63, 3.8) is 0 Å². The minimum Gasteiger partial charge on any atom is -0.480 e. The zero-order valence-corrected chi connectivity index (χ0v) is 16.1. The molecule has 0 unspecified atom stereocenters. The molecular weight excluding hydrogens is 401 g/mol. The summed E-state index contributed by atoms with van der Waals surface area (Å²) in [5, 5.41) is 9.17. The highest BCUT2D eigenvalue weighted by molar-refractivity contribution is 7.89. The molecule has 0 saturated carbocycles. The highest BCUT2D eigenvalue weighted by Gasteiger charge is 2.53. The monoisotopic (exact) mass is 419 g/mol. The summed E-state index contributed by atoms with van der Waals surface area (Å²) in [7, 11) is -4.04. The lowest BCUT2D eigenvalue weighted by molar-refractivity contribution is -0.137. The van der Waals surface area contributed by atoms with Gasteiger partial charge in [-0.2, -0.15) is 4.31 Å². The second-order valence-electron chi connectivity index (χ2n) is 7.09. The SMILES string of the molecule is O=C(O)CN1C(=O)C2(CCN(S(=O)(=O)c3ccccc3F)CC2)c2ccncc21. The van der Waals surface area contributed by atoms with Crippen molar-refractivity contribution in [1.29, 1.82) is 0 Å². The predicted octanol–water partition coefficient (Wildman–Crippen LogP) is 1.37. The van der Waals surface area contributed by atoms with Crippen molar-refractivity contribution in [2.45, 2.75) is 23.2 Å². The molecule has 1 fully saturated rings. The van der Waals surface area contributed by atoms with E-state index in [0.29, 0.717) is 11.3 Å². The number of rotatable bonds is 4. The van der Waals surface area contributed by atoms with E-state index in [-0.39, 0.29) is 31.8 Å². The number of nitrogens with zero attached hydrogens (tertiary/aromatic N) is 3. The van der Waals surface area contributed by atoms with Crippen molar-refractivity contribution in [2.75, 3.05) is 24.5 Å². The molecule has 0 aliphatic carbocycles. The second-order valence-corrected chi connectivity index (χ2v) is 9.00. The van der Waals surface area contributed by atoms with Crippen molar-refractivity contribution < 1.29 is 27.5 Å². The lowest BCUT2D eigenvalue weighted by Crippen LogP contribution is -2.50.